The van der Waals surface area contributed by atoms with Crippen molar-refractivity contribution < 1.29 is 4.74 Å². The maximum absolute atomic E-state index is 5.88. The first-order valence-corrected chi connectivity index (χ1v) is 6.78. The van der Waals surface area contributed by atoms with Gasteiger partial charge < -0.3 is 4.74 Å². The molecule has 0 aliphatic carbocycles. The van der Waals surface area contributed by atoms with E-state index >= 15 is 0 Å². The van der Waals surface area contributed by atoms with Crippen molar-refractivity contribution in [2.24, 2.45) is 0 Å². The fourth-order valence-corrected chi connectivity index (χ4v) is 2.07. The van der Waals surface area contributed by atoms with Crippen LogP contribution in [0.5, 0.6) is 0 Å². The van der Waals surface area contributed by atoms with E-state index in [0.717, 1.165) is 23.1 Å². The SMILES string of the molecule is CCCC(CCC)OCc1cccc(Br)n1. The minimum atomic E-state index is 0.385. The van der Waals surface area contributed by atoms with Gasteiger partial charge in [0.25, 0.3) is 0 Å². The molecule has 0 aliphatic heterocycles. The van der Waals surface area contributed by atoms with E-state index in [2.05, 4.69) is 34.8 Å². The fourth-order valence-electron chi connectivity index (χ4n) is 1.69. The molecule has 1 aromatic rings. The number of pyridine rings is 1. The van der Waals surface area contributed by atoms with Crippen molar-refractivity contribution in [1.82, 2.24) is 4.98 Å². The Morgan fingerprint density at radius 3 is 2.50 bits per heavy atom. The lowest BCUT2D eigenvalue weighted by Crippen LogP contribution is -2.12. The molecule has 0 aromatic carbocycles. The lowest BCUT2D eigenvalue weighted by molar-refractivity contribution is 0.0268. The molecule has 0 aliphatic rings. The lowest BCUT2D eigenvalue weighted by atomic mass is 10.1. The van der Waals surface area contributed by atoms with Gasteiger partial charge in [-0.3, -0.25) is 0 Å². The lowest BCUT2D eigenvalue weighted by Gasteiger charge is -2.16. The van der Waals surface area contributed by atoms with Gasteiger partial charge in [0.15, 0.2) is 0 Å². The standard InChI is InChI=1S/C13H20BrNO/c1-3-6-12(7-4-2)16-10-11-8-5-9-13(14)15-11/h5,8-9,12H,3-4,6-7,10H2,1-2H3. The molecule has 0 spiro atoms. The fraction of sp³-hybridized carbons (Fsp3) is 0.615. The molecule has 2 nitrogen and oxygen atoms in total. The molecule has 0 saturated heterocycles. The maximum Gasteiger partial charge on any atom is 0.106 e. The van der Waals surface area contributed by atoms with Gasteiger partial charge in [-0.1, -0.05) is 32.8 Å². The van der Waals surface area contributed by atoms with E-state index in [9.17, 15) is 0 Å². The molecule has 1 rings (SSSR count). The molecule has 1 aromatic heterocycles. The Morgan fingerprint density at radius 2 is 1.94 bits per heavy atom. The average molecular weight is 286 g/mol. The summed E-state index contributed by atoms with van der Waals surface area (Å²) < 4.78 is 6.75. The van der Waals surface area contributed by atoms with E-state index in [-0.39, 0.29) is 0 Å². The largest absolute Gasteiger partial charge is 0.372 e. The summed E-state index contributed by atoms with van der Waals surface area (Å²) in [5.41, 5.74) is 0.992. The van der Waals surface area contributed by atoms with E-state index in [0.29, 0.717) is 12.7 Å². The number of aromatic nitrogens is 1. The number of hydrogen-bond donors (Lipinski definition) is 0. The predicted molar refractivity (Wildman–Crippen MR) is 70.3 cm³/mol. The maximum atomic E-state index is 5.88. The van der Waals surface area contributed by atoms with Crippen LogP contribution in [0.25, 0.3) is 0 Å². The van der Waals surface area contributed by atoms with E-state index in [1.54, 1.807) is 0 Å². The number of rotatable bonds is 7. The molecule has 16 heavy (non-hydrogen) atoms. The Hall–Kier alpha value is -0.410. The van der Waals surface area contributed by atoms with Crippen molar-refractivity contribution >= 4 is 15.9 Å². The number of nitrogens with zero attached hydrogens (tertiary/aromatic N) is 1. The summed E-state index contributed by atoms with van der Waals surface area (Å²) in [6.45, 7) is 5.01. The minimum Gasteiger partial charge on any atom is -0.372 e. The zero-order valence-electron chi connectivity index (χ0n) is 10.1. The Bertz CT molecular complexity index is 298. The third kappa shape index (κ3) is 5.08. The highest BCUT2D eigenvalue weighted by Gasteiger charge is 2.07. The second kappa shape index (κ2) is 7.80. The van der Waals surface area contributed by atoms with Crippen LogP contribution in [0.15, 0.2) is 22.8 Å². The van der Waals surface area contributed by atoms with Gasteiger partial charge in [0.1, 0.15) is 4.60 Å². The molecule has 0 bridgehead atoms. The van der Waals surface area contributed by atoms with Gasteiger partial charge in [-0.15, -0.1) is 0 Å². The quantitative estimate of drug-likeness (QED) is 0.696. The monoisotopic (exact) mass is 285 g/mol. The van der Waals surface area contributed by atoms with Crippen molar-refractivity contribution in [1.29, 1.82) is 0 Å². The summed E-state index contributed by atoms with van der Waals surface area (Å²) >= 11 is 3.36. The third-order valence-corrected chi connectivity index (χ3v) is 2.90. The Morgan fingerprint density at radius 1 is 1.25 bits per heavy atom. The van der Waals surface area contributed by atoms with Crippen LogP contribution in [0.2, 0.25) is 0 Å². The summed E-state index contributed by atoms with van der Waals surface area (Å²) in [6, 6.07) is 5.92. The normalized spacial score (nSPS) is 11.0. The average Bonchev–Trinajstić information content (AvgIpc) is 2.27. The van der Waals surface area contributed by atoms with Crippen LogP contribution in [0.1, 0.15) is 45.2 Å². The highest BCUT2D eigenvalue weighted by Crippen LogP contribution is 2.13. The molecular formula is C13H20BrNO. The Balaban J connectivity index is 2.41. The second-order valence-corrected chi connectivity index (χ2v) is 4.77. The molecule has 3 heteroatoms. The van der Waals surface area contributed by atoms with Crippen molar-refractivity contribution in [3.63, 3.8) is 0 Å². The molecular weight excluding hydrogens is 266 g/mol. The highest BCUT2D eigenvalue weighted by atomic mass is 79.9. The zero-order chi connectivity index (χ0) is 11.8. The van der Waals surface area contributed by atoms with Gasteiger partial charge in [0.05, 0.1) is 18.4 Å². The number of hydrogen-bond acceptors (Lipinski definition) is 2. The van der Waals surface area contributed by atoms with Crippen molar-refractivity contribution in [2.75, 3.05) is 0 Å². The van der Waals surface area contributed by atoms with Crippen molar-refractivity contribution in [2.45, 2.75) is 52.2 Å². The second-order valence-electron chi connectivity index (χ2n) is 3.96. The van der Waals surface area contributed by atoms with Gasteiger partial charge in [0, 0.05) is 0 Å². The summed E-state index contributed by atoms with van der Waals surface area (Å²) in [6.07, 6.45) is 5.02. The first kappa shape index (κ1) is 13.7. The molecule has 0 N–H and O–H groups in total. The molecule has 1 heterocycles. The van der Waals surface area contributed by atoms with Gasteiger partial charge in [-0.25, -0.2) is 4.98 Å². The highest BCUT2D eigenvalue weighted by molar-refractivity contribution is 9.10. The minimum absolute atomic E-state index is 0.385. The van der Waals surface area contributed by atoms with E-state index in [4.69, 9.17) is 4.74 Å². The van der Waals surface area contributed by atoms with Gasteiger partial charge in [-0.05, 0) is 40.9 Å². The molecule has 0 saturated carbocycles. The zero-order valence-corrected chi connectivity index (χ0v) is 11.7. The van der Waals surface area contributed by atoms with Crippen LogP contribution >= 0.6 is 15.9 Å². The smallest absolute Gasteiger partial charge is 0.106 e. The van der Waals surface area contributed by atoms with Crippen LogP contribution in [0.4, 0.5) is 0 Å². The molecule has 0 radical (unpaired) electrons. The number of ether oxygens (including phenoxy) is 1. The van der Waals surface area contributed by atoms with Gasteiger partial charge in [-0.2, -0.15) is 0 Å². The molecule has 0 atom stereocenters. The summed E-state index contributed by atoms with van der Waals surface area (Å²) in [5.74, 6) is 0. The summed E-state index contributed by atoms with van der Waals surface area (Å²) in [4.78, 5) is 4.36. The van der Waals surface area contributed by atoms with E-state index < -0.39 is 0 Å². The van der Waals surface area contributed by atoms with Crippen LogP contribution in [-0.4, -0.2) is 11.1 Å². The van der Waals surface area contributed by atoms with Crippen molar-refractivity contribution in [3.8, 4) is 0 Å². The Labute approximate surface area is 107 Å². The Kier molecular flexibility index (Phi) is 6.65. The first-order chi connectivity index (χ1) is 7.76. The van der Waals surface area contributed by atoms with E-state index in [1.165, 1.54) is 12.8 Å². The van der Waals surface area contributed by atoms with Gasteiger partial charge >= 0.3 is 0 Å². The predicted octanol–water partition coefficient (Wildman–Crippen LogP) is 4.33. The van der Waals surface area contributed by atoms with Gasteiger partial charge in [0.2, 0.25) is 0 Å². The number of halogens is 1. The summed E-state index contributed by atoms with van der Waals surface area (Å²) in [5, 5.41) is 0. The van der Waals surface area contributed by atoms with Crippen LogP contribution in [0, 0.1) is 0 Å². The summed E-state index contributed by atoms with van der Waals surface area (Å²) in [7, 11) is 0. The third-order valence-electron chi connectivity index (χ3n) is 2.46. The van der Waals surface area contributed by atoms with E-state index in [1.807, 2.05) is 18.2 Å². The van der Waals surface area contributed by atoms with Crippen LogP contribution in [-0.2, 0) is 11.3 Å². The van der Waals surface area contributed by atoms with Crippen LogP contribution < -0.4 is 0 Å². The van der Waals surface area contributed by atoms with Crippen molar-refractivity contribution in [3.05, 3.63) is 28.5 Å². The molecule has 0 fully saturated rings. The first-order valence-electron chi connectivity index (χ1n) is 5.99. The van der Waals surface area contributed by atoms with Crippen LogP contribution in [0.3, 0.4) is 0 Å². The molecule has 90 valence electrons. The topological polar surface area (TPSA) is 22.1 Å². The molecule has 0 amide bonds. The molecule has 0 unspecified atom stereocenters.